The Kier molecular flexibility index (Phi) is 6.84. The van der Waals surface area contributed by atoms with Crippen molar-refractivity contribution in [3.05, 3.63) is 90.2 Å². The second-order valence-corrected chi connectivity index (χ2v) is 10.5. The molecule has 0 atom stereocenters. The van der Waals surface area contributed by atoms with Crippen molar-refractivity contribution in [2.24, 2.45) is 0 Å². The van der Waals surface area contributed by atoms with E-state index in [2.05, 4.69) is 15.5 Å². The molecule has 1 N–H and O–H groups in total. The van der Waals surface area contributed by atoms with E-state index in [9.17, 15) is 13.2 Å². The van der Waals surface area contributed by atoms with Gasteiger partial charge in [0.15, 0.2) is 10.1 Å². The molecule has 0 saturated heterocycles. The molecule has 10 heteroatoms. The molecular formula is C22H17N3O4S3. The van der Waals surface area contributed by atoms with Crippen LogP contribution in [0.1, 0.15) is 16.1 Å². The highest BCUT2D eigenvalue weighted by atomic mass is 32.2. The molecule has 4 rings (SSSR count). The average Bonchev–Trinajstić information content (AvgIpc) is 3.48. The summed E-state index contributed by atoms with van der Waals surface area (Å²) in [7, 11) is -3.84. The summed E-state index contributed by atoms with van der Waals surface area (Å²) in [4.78, 5) is 12.5. The van der Waals surface area contributed by atoms with Crippen LogP contribution in [0.25, 0.3) is 6.08 Å². The van der Waals surface area contributed by atoms with E-state index in [-0.39, 0.29) is 15.7 Å². The molecule has 0 aliphatic carbocycles. The maximum atomic E-state index is 12.6. The lowest BCUT2D eigenvalue weighted by Gasteiger charge is -2.00. The first-order chi connectivity index (χ1) is 15.5. The third kappa shape index (κ3) is 5.34. The molecule has 4 aromatic rings. The molecule has 32 heavy (non-hydrogen) atoms. The predicted molar refractivity (Wildman–Crippen MR) is 125 cm³/mol. The topological polar surface area (TPSA) is 102 Å². The summed E-state index contributed by atoms with van der Waals surface area (Å²) < 4.78 is 31.2. The van der Waals surface area contributed by atoms with Crippen LogP contribution in [0.15, 0.2) is 97.6 Å². The zero-order chi connectivity index (χ0) is 22.4. The first kappa shape index (κ1) is 22.0. The quantitative estimate of drug-likeness (QED) is 0.277. The molecule has 2 heterocycles. The van der Waals surface area contributed by atoms with Gasteiger partial charge in [-0.25, -0.2) is 8.42 Å². The number of furan rings is 1. The number of anilines is 1. The first-order valence-corrected chi connectivity index (χ1v) is 12.7. The molecule has 2 aromatic carbocycles. The van der Waals surface area contributed by atoms with E-state index in [1.807, 2.05) is 42.5 Å². The van der Waals surface area contributed by atoms with Gasteiger partial charge < -0.3 is 4.42 Å². The van der Waals surface area contributed by atoms with Gasteiger partial charge in [-0.3, -0.25) is 10.1 Å². The minimum Gasteiger partial charge on any atom is -0.439 e. The average molecular weight is 484 g/mol. The van der Waals surface area contributed by atoms with Gasteiger partial charge in [-0.2, -0.15) is 0 Å². The summed E-state index contributed by atoms with van der Waals surface area (Å²) in [5, 5.41) is 10.6. The Hall–Kier alpha value is -3.21. The minimum atomic E-state index is -3.84. The van der Waals surface area contributed by atoms with Crippen LogP contribution in [-0.2, 0) is 9.84 Å². The molecule has 0 unspecified atom stereocenters. The molecule has 0 spiro atoms. The number of nitrogens with one attached hydrogen (secondary N) is 1. The highest BCUT2D eigenvalue weighted by Crippen LogP contribution is 2.27. The Morgan fingerprint density at radius 2 is 1.72 bits per heavy atom. The van der Waals surface area contributed by atoms with Gasteiger partial charge in [0.05, 0.1) is 4.90 Å². The van der Waals surface area contributed by atoms with Crippen LogP contribution in [-0.4, -0.2) is 30.3 Å². The summed E-state index contributed by atoms with van der Waals surface area (Å²) in [6, 6.07) is 20.4. The highest BCUT2D eigenvalue weighted by molar-refractivity contribution is 8.01. The number of carbonyl (C=O) groups excluding carboxylic acids is 1. The van der Waals surface area contributed by atoms with Crippen LogP contribution in [0.5, 0.6) is 0 Å². The zero-order valence-electron chi connectivity index (χ0n) is 16.5. The van der Waals surface area contributed by atoms with E-state index in [0.29, 0.717) is 15.2 Å². The van der Waals surface area contributed by atoms with Crippen molar-refractivity contribution in [2.45, 2.75) is 14.3 Å². The standard InChI is InChI=1S/C22H17N3O4S3/c26-20(18-13-14-19(29-18)32(27,28)17-11-5-2-6-12-17)23-21-24-25-22(31-21)30-15-7-10-16-8-3-1-4-9-16/h1-14H,15H2,(H,23,24,26)/b10-7+. The number of hydrogen-bond acceptors (Lipinski definition) is 8. The normalized spacial score (nSPS) is 11.6. The largest absolute Gasteiger partial charge is 0.439 e. The lowest BCUT2D eigenvalue weighted by atomic mass is 10.2. The van der Waals surface area contributed by atoms with Gasteiger partial charge in [0.1, 0.15) is 0 Å². The number of rotatable bonds is 8. The van der Waals surface area contributed by atoms with E-state index in [1.54, 1.807) is 18.2 Å². The second kappa shape index (κ2) is 9.94. The molecule has 0 radical (unpaired) electrons. The number of nitrogens with zero attached hydrogens (tertiary/aromatic N) is 2. The molecule has 0 bridgehead atoms. The number of benzene rings is 2. The summed E-state index contributed by atoms with van der Waals surface area (Å²) in [5.74, 6) is -0.0259. The number of hydrogen-bond donors (Lipinski definition) is 1. The Bertz CT molecular complexity index is 1330. The minimum absolute atomic E-state index is 0.0911. The number of thioether (sulfide) groups is 1. The molecule has 0 saturated carbocycles. The number of aromatic nitrogens is 2. The number of carbonyl (C=O) groups is 1. The van der Waals surface area contributed by atoms with Gasteiger partial charge in [-0.15, -0.1) is 10.2 Å². The predicted octanol–water partition coefficient (Wildman–Crippen LogP) is 5.02. The highest BCUT2D eigenvalue weighted by Gasteiger charge is 2.23. The van der Waals surface area contributed by atoms with Gasteiger partial charge in [-0.05, 0) is 29.8 Å². The van der Waals surface area contributed by atoms with Crippen molar-refractivity contribution < 1.29 is 17.6 Å². The van der Waals surface area contributed by atoms with E-state index in [0.717, 1.165) is 5.56 Å². The molecule has 0 aliphatic heterocycles. The van der Waals surface area contributed by atoms with Gasteiger partial charge in [0.2, 0.25) is 20.1 Å². The van der Waals surface area contributed by atoms with Crippen molar-refractivity contribution in [3.8, 4) is 0 Å². The van der Waals surface area contributed by atoms with Crippen LogP contribution < -0.4 is 5.32 Å². The fourth-order valence-electron chi connectivity index (χ4n) is 2.65. The van der Waals surface area contributed by atoms with E-state index in [1.165, 1.54) is 47.4 Å². The van der Waals surface area contributed by atoms with Gasteiger partial charge >= 0.3 is 0 Å². The smallest absolute Gasteiger partial charge is 0.293 e. The molecular weight excluding hydrogens is 466 g/mol. The third-order valence-corrected chi connectivity index (χ3v) is 7.73. The van der Waals surface area contributed by atoms with E-state index < -0.39 is 15.7 Å². The van der Waals surface area contributed by atoms with Crippen LogP contribution >= 0.6 is 23.1 Å². The van der Waals surface area contributed by atoms with Crippen molar-refractivity contribution >= 4 is 50.1 Å². The van der Waals surface area contributed by atoms with Gasteiger partial charge in [-0.1, -0.05) is 83.8 Å². The van der Waals surface area contributed by atoms with E-state index >= 15 is 0 Å². The maximum absolute atomic E-state index is 12.6. The van der Waals surface area contributed by atoms with Crippen molar-refractivity contribution in [1.82, 2.24) is 10.2 Å². The molecule has 162 valence electrons. The van der Waals surface area contributed by atoms with E-state index in [4.69, 9.17) is 4.42 Å². The number of amides is 1. The summed E-state index contributed by atoms with van der Waals surface area (Å²) in [5.41, 5.74) is 1.12. The fraction of sp³-hybridized carbons (Fsp3) is 0.0455. The van der Waals surface area contributed by atoms with Gasteiger partial charge in [0.25, 0.3) is 5.91 Å². The maximum Gasteiger partial charge on any atom is 0.293 e. The number of sulfone groups is 1. The Balaban J connectivity index is 1.35. The third-order valence-electron chi connectivity index (χ3n) is 4.16. The van der Waals surface area contributed by atoms with Crippen LogP contribution in [0, 0.1) is 0 Å². The summed E-state index contributed by atoms with van der Waals surface area (Å²) in [6.45, 7) is 0. The summed E-state index contributed by atoms with van der Waals surface area (Å²) >= 11 is 2.72. The molecule has 0 fully saturated rings. The lowest BCUT2D eigenvalue weighted by molar-refractivity contribution is 0.0991. The van der Waals surface area contributed by atoms with Crippen LogP contribution in [0.2, 0.25) is 0 Å². The molecule has 0 aliphatic rings. The van der Waals surface area contributed by atoms with Crippen molar-refractivity contribution in [3.63, 3.8) is 0 Å². The second-order valence-electron chi connectivity index (χ2n) is 6.39. The monoisotopic (exact) mass is 483 g/mol. The van der Waals surface area contributed by atoms with Crippen LogP contribution in [0.3, 0.4) is 0 Å². The molecule has 2 aromatic heterocycles. The van der Waals surface area contributed by atoms with Crippen molar-refractivity contribution in [2.75, 3.05) is 11.1 Å². The Morgan fingerprint density at radius 3 is 2.47 bits per heavy atom. The van der Waals surface area contributed by atoms with Crippen LogP contribution in [0.4, 0.5) is 5.13 Å². The summed E-state index contributed by atoms with van der Waals surface area (Å²) in [6.07, 6.45) is 4.05. The fourth-order valence-corrected chi connectivity index (χ4v) is 5.42. The van der Waals surface area contributed by atoms with Gasteiger partial charge in [0, 0.05) is 5.75 Å². The first-order valence-electron chi connectivity index (χ1n) is 9.41. The Labute approximate surface area is 193 Å². The zero-order valence-corrected chi connectivity index (χ0v) is 19.0. The lowest BCUT2D eigenvalue weighted by Crippen LogP contribution is -2.10. The SMILES string of the molecule is O=C(Nc1nnc(SC/C=C/c2ccccc2)s1)c1ccc(S(=O)(=O)c2ccccc2)o1. The van der Waals surface area contributed by atoms with Crippen molar-refractivity contribution in [1.29, 1.82) is 0 Å². The Morgan fingerprint density at radius 1 is 1.00 bits per heavy atom. The molecule has 7 nitrogen and oxygen atoms in total. The molecule has 1 amide bonds.